The third-order valence-electron chi connectivity index (χ3n) is 35.0. The molecular weight excluding hydrogens is 1480 g/mol. The first-order valence-corrected chi connectivity index (χ1v) is 44.2. The number of hydrogen-bond acceptors (Lipinski definition) is 20. The number of Topliss-reactive ketones (excluding diaryl/α,β-unsaturated/α-hetero) is 1. The standard InChI is InChI=1S/C45H74N2O9.C45H72N2O9.2CH4.B.Na.H/c2*1-26-20-29(37(41(8,9)51)53-27(2)48)54-35-34(26)42(10)16-17-45-25-44(45)15-14-32(40(6,7)30(44)12-13-31(45)43(42,11)36(35)49)55-33-24-46(18-19-52-33)21-28-22-47(23-28)38(50)56-39(3,4)5;;;;;/h26,28-37,49,51H,12-25H2,1-11H3;26,28-35,37,51H,12-25H2,1-11H3;2*1H4;;;/q;;;;;+1;-1/t26-,29-,30+,31+,32+,33+,34+,35+,36+,37+,42-,43-,44-,45+;26-,29-,30+,31+,32+,33+,34+,35+,37+,42-,43-,44-,45+;;;;;/m11...../s1. The maximum atomic E-state index is 15.1. The van der Waals surface area contributed by atoms with Gasteiger partial charge in [-0.05, 0) is 257 Å². The molecule has 16 aliphatic rings. The zero-order valence-electron chi connectivity index (χ0n) is 75.3. The van der Waals surface area contributed by atoms with E-state index in [4.69, 9.17) is 47.4 Å². The van der Waals surface area contributed by atoms with E-state index in [0.29, 0.717) is 61.6 Å². The van der Waals surface area contributed by atoms with E-state index < -0.39 is 76.4 Å². The van der Waals surface area contributed by atoms with Crippen LogP contribution < -0.4 is 29.6 Å². The van der Waals surface area contributed by atoms with Crippen LogP contribution in [0.15, 0.2) is 0 Å². The summed E-state index contributed by atoms with van der Waals surface area (Å²) in [4.78, 5) is 72.9. The van der Waals surface area contributed by atoms with Crippen LogP contribution in [0.4, 0.5) is 9.59 Å². The summed E-state index contributed by atoms with van der Waals surface area (Å²) < 4.78 is 62.7. The number of aliphatic hydroxyl groups is 3. The second kappa shape index (κ2) is 32.0. The minimum absolute atomic E-state index is 0. The van der Waals surface area contributed by atoms with Gasteiger partial charge in [-0.3, -0.25) is 24.2 Å². The van der Waals surface area contributed by atoms with Crippen molar-refractivity contribution >= 4 is 38.3 Å². The van der Waals surface area contributed by atoms with Crippen LogP contribution in [-0.2, 0) is 61.8 Å². The van der Waals surface area contributed by atoms with E-state index in [1.807, 2.05) is 46.4 Å². The fourth-order valence-corrected chi connectivity index (χ4v) is 30.2. The number of esters is 2. The Morgan fingerprint density at radius 1 is 0.534 bits per heavy atom. The summed E-state index contributed by atoms with van der Waals surface area (Å²) in [6, 6.07) is 0. The fourth-order valence-electron chi connectivity index (χ4n) is 30.2. The van der Waals surface area contributed by atoms with Gasteiger partial charge in [-0.25, -0.2) is 9.59 Å². The van der Waals surface area contributed by atoms with Crippen LogP contribution in [-0.4, -0.2) is 242 Å². The number of aliphatic hydroxyl groups excluding tert-OH is 1. The number of hydrogen-bond donors (Lipinski definition) is 3. The number of rotatable bonds is 14. The summed E-state index contributed by atoms with van der Waals surface area (Å²) in [7, 11) is 0. The van der Waals surface area contributed by atoms with Crippen LogP contribution in [0.5, 0.6) is 0 Å². The van der Waals surface area contributed by atoms with Gasteiger partial charge in [0.05, 0.1) is 61.0 Å². The van der Waals surface area contributed by atoms with Gasteiger partial charge in [-0.1, -0.05) is 84.1 Å². The maximum absolute atomic E-state index is 15.1. The molecule has 0 aromatic heterocycles. The first-order chi connectivity index (χ1) is 51.9. The summed E-state index contributed by atoms with van der Waals surface area (Å²) >= 11 is 0. The van der Waals surface area contributed by atoms with Crippen LogP contribution in [0, 0.1) is 113 Å². The Kier molecular flexibility index (Phi) is 26.1. The Morgan fingerprint density at radius 3 is 1.34 bits per heavy atom. The molecule has 6 saturated heterocycles. The van der Waals surface area contributed by atoms with Gasteiger partial charge in [0.2, 0.25) is 0 Å². The molecule has 0 aromatic carbocycles. The number of nitrogens with zero attached hydrogens (tertiary/aromatic N) is 4. The molecule has 4 spiro atoms. The zero-order valence-corrected chi connectivity index (χ0v) is 76.3. The van der Waals surface area contributed by atoms with Gasteiger partial charge in [0.25, 0.3) is 0 Å². The van der Waals surface area contributed by atoms with Crippen molar-refractivity contribution in [3.05, 3.63) is 0 Å². The average Bonchev–Trinajstić information content (AvgIpc) is 1.46. The molecule has 22 nitrogen and oxygen atoms in total. The van der Waals surface area contributed by atoms with Gasteiger partial charge in [0.15, 0.2) is 30.6 Å². The molecule has 16 fully saturated rings. The van der Waals surface area contributed by atoms with E-state index in [-0.39, 0.29) is 176 Å². The number of fused-ring (bicyclic) bond motifs is 8. The molecule has 2 amide bonds. The minimum atomic E-state index is -1.30. The second-order valence-corrected chi connectivity index (χ2v) is 45.1. The summed E-state index contributed by atoms with van der Waals surface area (Å²) in [5, 5.41) is 34.8. The van der Waals surface area contributed by atoms with E-state index in [0.717, 1.165) is 123 Å². The van der Waals surface area contributed by atoms with Crippen LogP contribution in [0.1, 0.15) is 271 Å². The van der Waals surface area contributed by atoms with Gasteiger partial charge in [0, 0.05) is 116 Å². The summed E-state index contributed by atoms with van der Waals surface area (Å²) in [6.45, 7) is 54.2. The van der Waals surface area contributed by atoms with E-state index in [9.17, 15) is 34.5 Å². The molecular formula is C92H155BN4NaO18. The molecule has 0 bridgehead atoms. The normalized spacial score (nSPS) is 44.4. The van der Waals surface area contributed by atoms with Crippen molar-refractivity contribution in [3.8, 4) is 0 Å². The quantitative estimate of drug-likeness (QED) is 0.0830. The SMILES string of the molecule is C.C.CC(=O)O[C@@H]([C@H]1C[C@@H](C)[C@H]2[C@H](O1)C(=O)[C@@]1(C)[C@@H]3CC[C@H]4C(C)(C)[C@@H](O[C@H]5CN(CC6CN(C(=O)OC(C)(C)C)C6)CCO5)CC[C@@]45C[C@@]35CC[C@]21C)C(C)(C)O.CC(=O)O[C@@H]([C@H]1C[C@@H](C)[C@H]2[C@H](O1)[C@H](O)[C@@]1(C)[C@@H]3CC[C@H]4C(C)(C)[C@@H](O[C@H]5CN(CC6CN(C(=O)OC(C)(C)C)C6)CCO5)CC[C@@]45C[C@@]35CC[C@]21C)C(C)(C)O.[B].[H-].[Na+]. The summed E-state index contributed by atoms with van der Waals surface area (Å²) in [6.07, 6.45) is 12.2. The van der Waals surface area contributed by atoms with Crippen molar-refractivity contribution < 1.29 is 118 Å². The number of ether oxygens (including phenoxy) is 10. The first-order valence-electron chi connectivity index (χ1n) is 44.2. The summed E-state index contributed by atoms with van der Waals surface area (Å²) in [5.74, 6) is 2.82. The van der Waals surface area contributed by atoms with Crippen molar-refractivity contribution in [3.63, 3.8) is 0 Å². The average molecular weight is 1640 g/mol. The van der Waals surface area contributed by atoms with E-state index >= 15 is 4.79 Å². The molecule has 0 aromatic rings. The van der Waals surface area contributed by atoms with Crippen molar-refractivity contribution in [1.82, 2.24) is 19.6 Å². The molecule has 655 valence electrons. The molecule has 24 heteroatoms. The molecule has 27 atom stereocenters. The van der Waals surface area contributed by atoms with Gasteiger partial charge in [-0.2, -0.15) is 0 Å². The van der Waals surface area contributed by atoms with E-state index in [2.05, 4.69) is 79.0 Å². The van der Waals surface area contributed by atoms with Crippen molar-refractivity contribution in [2.75, 3.05) is 78.7 Å². The molecule has 3 N–H and O–H groups in total. The monoisotopic (exact) mass is 1640 g/mol. The van der Waals surface area contributed by atoms with Crippen molar-refractivity contribution in [2.24, 2.45) is 113 Å². The Morgan fingerprint density at radius 2 is 0.922 bits per heavy atom. The van der Waals surface area contributed by atoms with Gasteiger partial charge in [0.1, 0.15) is 17.3 Å². The van der Waals surface area contributed by atoms with Crippen molar-refractivity contribution in [2.45, 2.75) is 360 Å². The molecule has 0 unspecified atom stereocenters. The number of ketones is 1. The molecule has 16 rings (SSSR count). The number of amides is 2. The van der Waals surface area contributed by atoms with Gasteiger partial charge in [-0.15, -0.1) is 0 Å². The molecule has 3 radical (unpaired) electrons. The van der Waals surface area contributed by atoms with Crippen LogP contribution >= 0.6 is 0 Å². The predicted molar refractivity (Wildman–Crippen MR) is 440 cm³/mol. The topological polar surface area (TPSA) is 251 Å². The largest absolute Gasteiger partial charge is 1.00 e. The number of carbonyl (C=O) groups excluding carboxylic acids is 5. The Labute approximate surface area is 722 Å². The Hall–Kier alpha value is -2.23. The van der Waals surface area contributed by atoms with Gasteiger partial charge >= 0.3 is 53.7 Å². The Bertz CT molecular complexity index is 3600. The molecule has 10 aliphatic carbocycles. The summed E-state index contributed by atoms with van der Waals surface area (Å²) in [5.41, 5.74) is -3.70. The third-order valence-corrected chi connectivity index (χ3v) is 35.0. The van der Waals surface area contributed by atoms with Crippen molar-refractivity contribution in [1.29, 1.82) is 0 Å². The Balaban J connectivity index is 0.000000237. The molecule has 10 saturated carbocycles. The first kappa shape index (κ1) is 94.5. The number of morpholine rings is 2. The fraction of sp³-hybridized carbons (Fsp3) is 0.946. The third kappa shape index (κ3) is 15.3. The predicted octanol–water partition coefficient (Wildman–Crippen LogP) is 11.0. The minimum Gasteiger partial charge on any atom is -1.00 e. The second-order valence-electron chi connectivity index (χ2n) is 45.1. The molecule has 6 heterocycles. The van der Waals surface area contributed by atoms with Gasteiger partial charge < -0.3 is 73.9 Å². The number of carbonyl (C=O) groups is 5. The molecule has 116 heavy (non-hydrogen) atoms. The maximum Gasteiger partial charge on any atom is 1.00 e. The van der Waals surface area contributed by atoms with E-state index in [1.165, 1.54) is 46.0 Å². The number of likely N-dealkylation sites (tertiary alicyclic amines) is 2. The smallest absolute Gasteiger partial charge is 1.00 e. The van der Waals surface area contributed by atoms with Crippen LogP contribution in [0.25, 0.3) is 0 Å². The zero-order chi connectivity index (χ0) is 81.2. The van der Waals surface area contributed by atoms with E-state index in [1.54, 1.807) is 32.6 Å². The van der Waals surface area contributed by atoms with Crippen LogP contribution in [0.3, 0.4) is 0 Å². The van der Waals surface area contributed by atoms with Crippen LogP contribution in [0.2, 0.25) is 0 Å². The molecule has 6 aliphatic heterocycles.